The molecule has 0 bridgehead atoms. The Morgan fingerprint density at radius 1 is 1.21 bits per heavy atom. The lowest BCUT2D eigenvalue weighted by Crippen LogP contribution is -2.32. The van der Waals surface area contributed by atoms with Crippen molar-refractivity contribution in [3.63, 3.8) is 0 Å². The van der Waals surface area contributed by atoms with Gasteiger partial charge in [-0.15, -0.1) is 0 Å². The van der Waals surface area contributed by atoms with Crippen LogP contribution in [-0.4, -0.2) is 24.6 Å². The Hall–Kier alpha value is -2.58. The molecule has 5 nitrogen and oxygen atoms in total. The zero-order valence-electron chi connectivity index (χ0n) is 15.3. The summed E-state index contributed by atoms with van der Waals surface area (Å²) < 4.78 is 51.4. The van der Waals surface area contributed by atoms with E-state index in [0.29, 0.717) is 0 Å². The van der Waals surface area contributed by atoms with Crippen molar-refractivity contribution in [2.75, 3.05) is 11.9 Å². The van der Waals surface area contributed by atoms with E-state index in [1.165, 1.54) is 36.4 Å². The molecule has 1 aliphatic heterocycles. The van der Waals surface area contributed by atoms with E-state index in [0.717, 1.165) is 6.07 Å². The molecule has 154 valence electrons. The topological polar surface area (TPSA) is 64.6 Å². The Morgan fingerprint density at radius 2 is 1.93 bits per heavy atom. The lowest BCUT2D eigenvalue weighted by atomic mass is 9.95. The van der Waals surface area contributed by atoms with Crippen LogP contribution in [0.25, 0.3) is 0 Å². The number of hydrogen-bond donors (Lipinski definition) is 1. The fraction of sp³-hybridized carbons (Fsp3) is 0.300. The molecular weight excluding hydrogens is 411 g/mol. The molecule has 0 radical (unpaired) electrons. The number of esters is 1. The Morgan fingerprint density at radius 3 is 2.62 bits per heavy atom. The van der Waals surface area contributed by atoms with Crippen LogP contribution >= 0.6 is 11.6 Å². The second-order valence-electron chi connectivity index (χ2n) is 6.32. The Kier molecular flexibility index (Phi) is 6.14. The number of anilines is 1. The summed E-state index contributed by atoms with van der Waals surface area (Å²) in [6.07, 6.45) is -7.70. The van der Waals surface area contributed by atoms with Crippen LogP contribution in [0.5, 0.6) is 0 Å². The van der Waals surface area contributed by atoms with E-state index in [1.807, 2.05) is 0 Å². The second-order valence-corrected chi connectivity index (χ2v) is 6.76. The maximum atomic E-state index is 13.6. The van der Waals surface area contributed by atoms with Gasteiger partial charge in [0.05, 0.1) is 18.6 Å². The Labute approximate surface area is 169 Å². The fourth-order valence-corrected chi connectivity index (χ4v) is 3.29. The summed E-state index contributed by atoms with van der Waals surface area (Å²) in [5, 5.41) is 2.86. The lowest BCUT2D eigenvalue weighted by Gasteiger charge is -2.24. The van der Waals surface area contributed by atoms with Gasteiger partial charge < -0.3 is 14.8 Å². The van der Waals surface area contributed by atoms with Crippen LogP contribution in [0.15, 0.2) is 42.5 Å². The molecule has 2 aromatic rings. The number of alkyl halides is 3. The van der Waals surface area contributed by atoms with Crippen LogP contribution < -0.4 is 5.32 Å². The summed E-state index contributed by atoms with van der Waals surface area (Å²) in [7, 11) is 0. The van der Waals surface area contributed by atoms with Gasteiger partial charge in [-0.25, -0.2) is 0 Å². The van der Waals surface area contributed by atoms with Crippen LogP contribution in [0.4, 0.5) is 18.9 Å². The number of hydrogen-bond acceptors (Lipinski definition) is 4. The molecule has 3 rings (SSSR count). The molecule has 0 saturated carbocycles. The second kappa shape index (κ2) is 8.42. The van der Waals surface area contributed by atoms with Crippen molar-refractivity contribution >= 4 is 29.2 Å². The van der Waals surface area contributed by atoms with Gasteiger partial charge in [-0.3, -0.25) is 9.59 Å². The first kappa shape index (κ1) is 21.1. The number of rotatable bonds is 4. The van der Waals surface area contributed by atoms with Gasteiger partial charge in [-0.2, -0.15) is 13.2 Å². The minimum absolute atomic E-state index is 0.101. The van der Waals surface area contributed by atoms with Crippen molar-refractivity contribution < 1.29 is 32.2 Å². The monoisotopic (exact) mass is 427 g/mol. The highest BCUT2D eigenvalue weighted by Crippen LogP contribution is 2.42. The first-order chi connectivity index (χ1) is 13.7. The van der Waals surface area contributed by atoms with E-state index in [2.05, 4.69) is 5.32 Å². The van der Waals surface area contributed by atoms with Crippen molar-refractivity contribution in [2.45, 2.75) is 31.7 Å². The summed E-state index contributed by atoms with van der Waals surface area (Å²) in [6.45, 7) is 1.70. The van der Waals surface area contributed by atoms with Gasteiger partial charge >= 0.3 is 12.1 Å². The minimum atomic E-state index is -4.64. The third-order valence-electron chi connectivity index (χ3n) is 4.35. The summed E-state index contributed by atoms with van der Waals surface area (Å²) in [6, 6.07) is 9.33. The van der Waals surface area contributed by atoms with Crippen molar-refractivity contribution in [1.82, 2.24) is 0 Å². The van der Waals surface area contributed by atoms with Crippen LogP contribution in [0.2, 0.25) is 5.02 Å². The first-order valence-electron chi connectivity index (χ1n) is 8.78. The molecule has 29 heavy (non-hydrogen) atoms. The van der Waals surface area contributed by atoms with Gasteiger partial charge in [0.2, 0.25) is 0 Å². The van der Waals surface area contributed by atoms with Crippen molar-refractivity contribution in [2.24, 2.45) is 0 Å². The molecule has 0 fully saturated rings. The summed E-state index contributed by atoms with van der Waals surface area (Å²) in [5.41, 5.74) is -0.573. The number of fused-ring (bicyclic) bond motifs is 1. The van der Waals surface area contributed by atoms with Crippen LogP contribution in [-0.2, 0) is 25.2 Å². The van der Waals surface area contributed by atoms with Crippen LogP contribution in [0, 0.1) is 0 Å². The Balaban J connectivity index is 2.11. The molecule has 2 atom stereocenters. The molecule has 0 spiro atoms. The Bertz CT molecular complexity index is 932. The number of nitrogens with one attached hydrogen (secondary N) is 1. The molecule has 1 N–H and O–H groups in total. The number of carbonyl (C=O) groups excluding carboxylic acids is 2. The van der Waals surface area contributed by atoms with Crippen molar-refractivity contribution in [3.8, 4) is 0 Å². The minimum Gasteiger partial charge on any atom is -0.466 e. The number of ether oxygens (including phenoxy) is 2. The number of benzene rings is 2. The zero-order chi connectivity index (χ0) is 21.2. The smallest absolute Gasteiger partial charge is 0.416 e. The van der Waals surface area contributed by atoms with E-state index in [9.17, 15) is 22.8 Å². The van der Waals surface area contributed by atoms with E-state index >= 15 is 0 Å². The quantitative estimate of drug-likeness (QED) is 0.716. The average Bonchev–Trinajstić information content (AvgIpc) is 2.78. The van der Waals surface area contributed by atoms with Gasteiger partial charge in [-0.1, -0.05) is 29.8 Å². The SMILES string of the molecule is CCOC(=O)C[C@@H]1O[C@@H](c2ccccc2C(F)(F)F)c2cc(Cl)ccc2NC1=O. The molecule has 0 unspecified atom stereocenters. The maximum absolute atomic E-state index is 13.6. The molecule has 1 amide bonds. The van der Waals surface area contributed by atoms with Gasteiger partial charge in [-0.05, 0) is 36.8 Å². The third-order valence-corrected chi connectivity index (χ3v) is 4.59. The molecule has 1 aliphatic rings. The molecule has 0 aliphatic carbocycles. The average molecular weight is 428 g/mol. The summed E-state index contributed by atoms with van der Waals surface area (Å²) in [4.78, 5) is 24.4. The largest absolute Gasteiger partial charge is 0.466 e. The fourth-order valence-electron chi connectivity index (χ4n) is 3.11. The van der Waals surface area contributed by atoms with E-state index < -0.39 is 42.2 Å². The maximum Gasteiger partial charge on any atom is 0.416 e. The molecule has 0 aromatic heterocycles. The van der Waals surface area contributed by atoms with E-state index in [-0.39, 0.29) is 28.4 Å². The molecular formula is C20H17ClF3NO4. The highest BCUT2D eigenvalue weighted by Gasteiger charge is 2.39. The summed E-state index contributed by atoms with van der Waals surface area (Å²) in [5.74, 6) is -1.35. The van der Waals surface area contributed by atoms with E-state index in [4.69, 9.17) is 21.1 Å². The highest BCUT2D eigenvalue weighted by atomic mass is 35.5. The highest BCUT2D eigenvalue weighted by molar-refractivity contribution is 6.30. The summed E-state index contributed by atoms with van der Waals surface area (Å²) >= 11 is 6.05. The van der Waals surface area contributed by atoms with Gasteiger partial charge in [0, 0.05) is 16.3 Å². The normalized spacial score (nSPS) is 19.1. The molecule has 9 heteroatoms. The predicted molar refractivity (Wildman–Crippen MR) is 99.5 cm³/mol. The van der Waals surface area contributed by atoms with Crippen molar-refractivity contribution in [1.29, 1.82) is 0 Å². The molecule has 2 aromatic carbocycles. The number of carbonyl (C=O) groups is 2. The van der Waals surface area contributed by atoms with Crippen LogP contribution in [0.3, 0.4) is 0 Å². The number of amides is 1. The zero-order valence-corrected chi connectivity index (χ0v) is 16.0. The number of halogens is 4. The third kappa shape index (κ3) is 4.71. The van der Waals surface area contributed by atoms with Crippen molar-refractivity contribution in [3.05, 3.63) is 64.2 Å². The standard InChI is InChI=1S/C20H17ClF3NO4/c1-2-28-17(26)10-16-19(27)25-15-8-7-11(21)9-13(15)18(29-16)12-5-3-4-6-14(12)20(22,23)24/h3-9,16,18H,2,10H2,1H3,(H,25,27)/t16-,18-/m0/s1. The van der Waals surface area contributed by atoms with Gasteiger partial charge in [0.25, 0.3) is 5.91 Å². The molecule has 1 heterocycles. The van der Waals surface area contributed by atoms with Gasteiger partial charge in [0.1, 0.15) is 12.2 Å². The predicted octanol–water partition coefficient (Wildman–Crippen LogP) is 4.74. The van der Waals surface area contributed by atoms with Crippen LogP contribution in [0.1, 0.15) is 36.1 Å². The molecule has 0 saturated heterocycles. The van der Waals surface area contributed by atoms with E-state index in [1.54, 1.807) is 6.92 Å². The first-order valence-corrected chi connectivity index (χ1v) is 9.16. The van der Waals surface area contributed by atoms with Gasteiger partial charge in [0.15, 0.2) is 0 Å². The lowest BCUT2D eigenvalue weighted by molar-refractivity contribution is -0.151.